The van der Waals surface area contributed by atoms with Crippen molar-refractivity contribution in [2.24, 2.45) is 11.8 Å². The Labute approximate surface area is 574 Å². The molecule has 0 aromatic heterocycles. The van der Waals surface area contributed by atoms with Crippen molar-refractivity contribution in [3.8, 4) is 45.3 Å². The van der Waals surface area contributed by atoms with Gasteiger partial charge in [0.25, 0.3) is 0 Å². The molecule has 16 nitrogen and oxygen atoms in total. The van der Waals surface area contributed by atoms with Crippen LogP contribution in [-0.4, -0.2) is 219 Å². The van der Waals surface area contributed by atoms with Gasteiger partial charge in [-0.3, -0.25) is 0 Å². The number of carboxylic acid groups (broad SMARTS) is 2. The number of halogens is 2. The van der Waals surface area contributed by atoms with Crippen LogP contribution >= 0.6 is 44.4 Å². The molecule has 4 heterocycles. The third-order valence-corrected chi connectivity index (χ3v) is 18.1. The van der Waals surface area contributed by atoms with Crippen LogP contribution in [0.25, 0.3) is 22.3 Å². The van der Waals surface area contributed by atoms with Crippen molar-refractivity contribution >= 4 is 170 Å². The van der Waals surface area contributed by atoms with Gasteiger partial charge in [0, 0.05) is 23.0 Å². The van der Waals surface area contributed by atoms with Crippen LogP contribution in [0.15, 0.2) is 133 Å². The van der Waals surface area contributed by atoms with Gasteiger partial charge in [0.1, 0.15) is 47.4 Å². The summed E-state index contributed by atoms with van der Waals surface area (Å²) in [6.07, 6.45) is 1.25. The Kier molecular flexibility index (Phi) is 26.3. The van der Waals surface area contributed by atoms with Crippen LogP contribution in [0.4, 0.5) is 0 Å². The molecule has 4 aliphatic rings. The van der Waals surface area contributed by atoms with E-state index in [1.807, 2.05) is 121 Å². The van der Waals surface area contributed by atoms with E-state index in [1.165, 1.54) is 0 Å². The van der Waals surface area contributed by atoms with Gasteiger partial charge in [-0.05, 0) is 142 Å². The molecule has 0 N–H and O–H groups in total. The maximum atomic E-state index is 11.7. The molecule has 6 aromatic rings. The summed E-state index contributed by atoms with van der Waals surface area (Å²) >= 11 is 13.2. The number of carbonyl (C=O) groups is 2. The first-order valence-corrected chi connectivity index (χ1v) is 29.6. The number of ether oxygens (including phenoxy) is 8. The van der Waals surface area contributed by atoms with E-state index in [1.54, 1.807) is 12.1 Å². The standard InChI is InChI=1S/2C29H31ClO8S.3Ca/c2*30-27-13-25(37-15-21-10-11-39(33,34)17-21)8-9-26(27)22-3-1-2-20(12-22)14-36-24-6-4-23(5-7-24)29(18-35-19-29)38-16-28(31)32;;;/h2*1-9,12-13,21,33-34H,10-11,14-19H2,(H,31,32);;;/q;;3*+2/p-6. The summed E-state index contributed by atoms with van der Waals surface area (Å²) in [5.74, 6) is 0.818. The second-order valence-electron chi connectivity index (χ2n) is 19.8. The van der Waals surface area contributed by atoms with Gasteiger partial charge in [-0.2, -0.15) is 0 Å². The maximum Gasteiger partial charge on any atom is 2.00 e. The topological polar surface area (TPSA) is 246 Å². The molecular weight excluding hydrogens is 1210 g/mol. The average molecular weight is 1260 g/mol. The van der Waals surface area contributed by atoms with Crippen molar-refractivity contribution in [3.63, 3.8) is 0 Å². The monoisotopic (exact) mass is 1260 g/mol. The molecule has 416 valence electrons. The maximum absolute atomic E-state index is 11.7. The molecule has 4 saturated heterocycles. The molecule has 2 unspecified atom stereocenters. The Hall–Kier alpha value is -1.80. The minimum Gasteiger partial charge on any atom is -0.800 e. The number of benzene rings is 6. The minimum atomic E-state index is -2.93. The summed E-state index contributed by atoms with van der Waals surface area (Å²) in [6, 6.07) is 41.4. The number of hydrogen-bond acceptors (Lipinski definition) is 16. The van der Waals surface area contributed by atoms with Gasteiger partial charge < -0.3 is 97.1 Å². The zero-order valence-electron chi connectivity index (χ0n) is 44.4. The second kappa shape index (κ2) is 31.2. The molecule has 81 heavy (non-hydrogen) atoms. The van der Waals surface area contributed by atoms with Gasteiger partial charge in [-0.1, -0.05) is 83.9 Å². The molecular formula is C58H56Ca3Cl2O16S2. The Morgan fingerprint density at radius 1 is 0.506 bits per heavy atom. The second-order valence-corrected chi connectivity index (χ2v) is 25.0. The summed E-state index contributed by atoms with van der Waals surface area (Å²) in [5.41, 5.74) is 5.57. The van der Waals surface area contributed by atoms with Crippen molar-refractivity contribution in [2.75, 3.05) is 75.9 Å². The molecule has 0 bridgehead atoms. The molecule has 10 rings (SSSR count). The van der Waals surface area contributed by atoms with Crippen LogP contribution in [0.2, 0.25) is 10.0 Å². The van der Waals surface area contributed by atoms with Gasteiger partial charge in [-0.15, -0.1) is 0 Å². The van der Waals surface area contributed by atoms with E-state index < -0.39 is 57.5 Å². The molecule has 0 amide bonds. The molecule has 2 atom stereocenters. The molecule has 6 aromatic carbocycles. The zero-order chi connectivity index (χ0) is 54.9. The average Bonchev–Trinajstić information content (AvgIpc) is 4.00. The molecule has 0 aliphatic carbocycles. The van der Waals surface area contributed by atoms with Crippen molar-refractivity contribution in [3.05, 3.63) is 166 Å². The Bertz CT molecular complexity index is 2840. The normalized spacial score (nSPS) is 19.4. The van der Waals surface area contributed by atoms with E-state index in [0.717, 1.165) is 44.5 Å². The van der Waals surface area contributed by atoms with Crippen LogP contribution in [0.1, 0.15) is 35.1 Å². The van der Waals surface area contributed by atoms with Crippen molar-refractivity contribution < 1.29 is 75.9 Å². The summed E-state index contributed by atoms with van der Waals surface area (Å²) < 4.78 is 91.8. The summed E-state index contributed by atoms with van der Waals surface area (Å²) in [4.78, 5) is 21.6. The molecule has 0 spiro atoms. The van der Waals surface area contributed by atoms with E-state index in [0.29, 0.717) is 72.3 Å². The number of aliphatic carboxylic acids is 2. The molecule has 4 aliphatic heterocycles. The van der Waals surface area contributed by atoms with Gasteiger partial charge in [0.05, 0.1) is 74.8 Å². The van der Waals surface area contributed by atoms with Crippen LogP contribution in [0.3, 0.4) is 0 Å². The molecule has 4 fully saturated rings. The SMILES string of the molecule is O=C([O-])COC1(c2ccc(OCc3cccc(-c4ccc(OCC5CCS([O-])([O-])C5)cc4Cl)c3)cc2)COC1.O=C([O-])COC1(c2ccc(OCc3cccc(-c4ccc(OCC5CCS([O-])([O-])C5)cc4Cl)c3)cc2)COC1.[Ca+2].[Ca+2].[Ca+2]. The van der Waals surface area contributed by atoms with E-state index in [2.05, 4.69) is 0 Å². The first kappa shape index (κ1) is 68.3. The largest absolute Gasteiger partial charge is 2.00 e. The molecule has 0 saturated carbocycles. The van der Waals surface area contributed by atoms with Crippen LogP contribution in [0.5, 0.6) is 23.0 Å². The Balaban J connectivity index is 0.000000252. The minimum absolute atomic E-state index is 0. The number of rotatable bonds is 22. The van der Waals surface area contributed by atoms with Gasteiger partial charge in [-0.25, -0.2) is 0 Å². The molecule has 23 heteroatoms. The fourth-order valence-electron chi connectivity index (χ4n) is 9.41. The summed E-state index contributed by atoms with van der Waals surface area (Å²) in [7, 11) is -5.87. The Morgan fingerprint density at radius 3 is 1.19 bits per heavy atom. The summed E-state index contributed by atoms with van der Waals surface area (Å²) in [5, 5.41) is 22.7. The van der Waals surface area contributed by atoms with Gasteiger partial charge in [0.2, 0.25) is 0 Å². The van der Waals surface area contributed by atoms with E-state index in [4.69, 9.17) is 61.1 Å². The van der Waals surface area contributed by atoms with Crippen molar-refractivity contribution in [1.82, 2.24) is 0 Å². The fraction of sp³-hybridized carbons (Fsp3) is 0.345. The number of sulfone groups is 2. The predicted molar refractivity (Wildman–Crippen MR) is 304 cm³/mol. The van der Waals surface area contributed by atoms with E-state index >= 15 is 0 Å². The van der Waals surface area contributed by atoms with Crippen LogP contribution in [-0.2, 0) is 53.0 Å². The summed E-state index contributed by atoms with van der Waals surface area (Å²) in [6.45, 7) is 1.53. The number of hydrogen-bond donors (Lipinski definition) is 0. The van der Waals surface area contributed by atoms with Crippen LogP contribution in [0, 0.1) is 11.8 Å². The van der Waals surface area contributed by atoms with Crippen molar-refractivity contribution in [1.29, 1.82) is 0 Å². The number of carboxylic acids is 2. The number of carbonyl (C=O) groups excluding carboxylic acids is 2. The third-order valence-electron chi connectivity index (χ3n) is 13.8. The quantitative estimate of drug-likeness (QED) is 0.0625. The predicted octanol–water partition coefficient (Wildman–Crippen LogP) is 6.94. The van der Waals surface area contributed by atoms with Gasteiger partial charge >= 0.3 is 113 Å². The van der Waals surface area contributed by atoms with Crippen LogP contribution < -0.4 is 29.2 Å². The van der Waals surface area contributed by atoms with Crippen molar-refractivity contribution in [2.45, 2.75) is 37.3 Å². The zero-order valence-corrected chi connectivity index (χ0v) is 54.2. The fourth-order valence-corrected chi connectivity index (χ4v) is 13.7. The first-order chi connectivity index (χ1) is 37.4. The molecule has 0 radical (unpaired) electrons. The first-order valence-electron chi connectivity index (χ1n) is 25.2. The smallest absolute Gasteiger partial charge is 0.800 e. The van der Waals surface area contributed by atoms with Gasteiger partial charge in [0.15, 0.2) is 0 Å². The van der Waals surface area contributed by atoms with E-state index in [9.17, 15) is 38.0 Å². The van der Waals surface area contributed by atoms with E-state index in [-0.39, 0.29) is 174 Å². The third kappa shape index (κ3) is 19.1. The Morgan fingerprint density at radius 2 is 0.877 bits per heavy atom.